The van der Waals surface area contributed by atoms with E-state index in [1.165, 1.54) is 5.56 Å². The average molecular weight is 371 g/mol. The minimum Gasteiger partial charge on any atom is -0.346 e. The summed E-state index contributed by atoms with van der Waals surface area (Å²) in [6.45, 7) is 0.473. The van der Waals surface area contributed by atoms with E-state index in [4.69, 9.17) is 0 Å². The molecule has 0 bridgehead atoms. The van der Waals surface area contributed by atoms with Crippen molar-refractivity contribution in [2.45, 2.75) is 50.0 Å². The molecule has 0 aromatic carbocycles. The fourth-order valence-corrected chi connectivity index (χ4v) is 4.73. The molecule has 1 aliphatic carbocycles. The SMILES string of the molecule is FC1(F)CCN(C2CCC(c3cnc4[nH]cc(-c5cn[nH]c5)c4c3)CC2)C1. The van der Waals surface area contributed by atoms with Gasteiger partial charge in [0.25, 0.3) is 5.92 Å². The Kier molecular flexibility index (Phi) is 4.00. The number of likely N-dealkylation sites (tertiary alicyclic amines) is 1. The van der Waals surface area contributed by atoms with Crippen molar-refractivity contribution >= 4 is 11.0 Å². The number of H-pyrrole nitrogens is 2. The van der Waals surface area contributed by atoms with Crippen molar-refractivity contribution in [1.29, 1.82) is 0 Å². The van der Waals surface area contributed by atoms with Crippen LogP contribution in [0.3, 0.4) is 0 Å². The quantitative estimate of drug-likeness (QED) is 0.721. The summed E-state index contributed by atoms with van der Waals surface area (Å²) in [5, 5.41) is 8.00. The van der Waals surface area contributed by atoms with Crippen LogP contribution in [-0.2, 0) is 0 Å². The molecule has 3 aromatic rings. The van der Waals surface area contributed by atoms with Crippen molar-refractivity contribution in [2.24, 2.45) is 0 Å². The molecule has 1 saturated carbocycles. The number of rotatable bonds is 3. The molecule has 0 unspecified atom stereocenters. The number of alkyl halides is 2. The normalized spacial score (nSPS) is 26.0. The van der Waals surface area contributed by atoms with Gasteiger partial charge in [-0.15, -0.1) is 0 Å². The number of hydrogen-bond donors (Lipinski definition) is 2. The zero-order chi connectivity index (χ0) is 18.4. The first kappa shape index (κ1) is 16.9. The van der Waals surface area contributed by atoms with Crippen molar-refractivity contribution < 1.29 is 8.78 Å². The molecule has 7 heteroatoms. The van der Waals surface area contributed by atoms with Crippen LogP contribution in [0.25, 0.3) is 22.2 Å². The molecule has 0 radical (unpaired) electrons. The third-order valence-corrected chi connectivity index (χ3v) is 6.25. The van der Waals surface area contributed by atoms with Crippen LogP contribution < -0.4 is 0 Å². The molecular weight excluding hydrogens is 348 g/mol. The summed E-state index contributed by atoms with van der Waals surface area (Å²) in [6, 6.07) is 2.54. The number of aromatic amines is 2. The molecular formula is C20H23F2N5. The Morgan fingerprint density at radius 1 is 1.11 bits per heavy atom. The fraction of sp³-hybridized carbons (Fsp3) is 0.500. The maximum absolute atomic E-state index is 13.5. The first-order valence-electron chi connectivity index (χ1n) is 9.67. The van der Waals surface area contributed by atoms with E-state index in [9.17, 15) is 8.78 Å². The molecule has 5 rings (SSSR count). The van der Waals surface area contributed by atoms with Gasteiger partial charge in [-0.1, -0.05) is 0 Å². The summed E-state index contributed by atoms with van der Waals surface area (Å²) in [5.41, 5.74) is 4.26. The van der Waals surface area contributed by atoms with Crippen LogP contribution in [0.4, 0.5) is 8.78 Å². The minimum absolute atomic E-state index is 0.0117. The number of hydrogen-bond acceptors (Lipinski definition) is 3. The highest BCUT2D eigenvalue weighted by molar-refractivity contribution is 5.93. The van der Waals surface area contributed by atoms with Crippen LogP contribution in [0.2, 0.25) is 0 Å². The Bertz CT molecular complexity index is 925. The standard InChI is InChI=1S/C20H23F2N5/c21-20(22)5-6-27(12-20)16-3-1-13(2-4-16)14-7-17-18(15-9-25-26-10-15)11-24-19(17)23-8-14/h7-11,13,16H,1-6,12H2,(H,23,24)(H,25,26). The lowest BCUT2D eigenvalue weighted by atomic mass is 9.81. The Labute approximate surface area is 156 Å². The Balaban J connectivity index is 1.32. The van der Waals surface area contributed by atoms with Crippen LogP contribution in [0.1, 0.15) is 43.6 Å². The highest BCUT2D eigenvalue weighted by Gasteiger charge is 2.41. The monoisotopic (exact) mass is 371 g/mol. The van der Waals surface area contributed by atoms with Gasteiger partial charge < -0.3 is 4.98 Å². The van der Waals surface area contributed by atoms with E-state index in [0.717, 1.165) is 47.8 Å². The molecule has 27 heavy (non-hydrogen) atoms. The van der Waals surface area contributed by atoms with Gasteiger partial charge in [-0.25, -0.2) is 13.8 Å². The second kappa shape index (κ2) is 6.41. The zero-order valence-electron chi connectivity index (χ0n) is 15.1. The van der Waals surface area contributed by atoms with E-state index in [1.54, 1.807) is 0 Å². The van der Waals surface area contributed by atoms with Crippen LogP contribution in [0.5, 0.6) is 0 Å². The highest BCUT2D eigenvalue weighted by atomic mass is 19.3. The highest BCUT2D eigenvalue weighted by Crippen LogP contribution is 2.39. The average Bonchev–Trinajstić information content (AvgIpc) is 3.40. The summed E-state index contributed by atoms with van der Waals surface area (Å²) in [4.78, 5) is 9.84. The second-order valence-electron chi connectivity index (χ2n) is 7.94. The summed E-state index contributed by atoms with van der Waals surface area (Å²) < 4.78 is 27.0. The molecule has 0 atom stereocenters. The fourth-order valence-electron chi connectivity index (χ4n) is 4.73. The van der Waals surface area contributed by atoms with Crippen molar-refractivity contribution in [2.75, 3.05) is 13.1 Å². The third-order valence-electron chi connectivity index (χ3n) is 6.25. The van der Waals surface area contributed by atoms with Gasteiger partial charge >= 0.3 is 0 Å². The van der Waals surface area contributed by atoms with Gasteiger partial charge in [0, 0.05) is 54.1 Å². The number of nitrogens with one attached hydrogen (secondary N) is 2. The Morgan fingerprint density at radius 3 is 2.67 bits per heavy atom. The summed E-state index contributed by atoms with van der Waals surface area (Å²) in [6.07, 6.45) is 11.7. The van der Waals surface area contributed by atoms with E-state index in [2.05, 4.69) is 26.2 Å². The van der Waals surface area contributed by atoms with Crippen LogP contribution in [0.15, 0.2) is 30.9 Å². The number of fused-ring (bicyclic) bond motifs is 1. The second-order valence-corrected chi connectivity index (χ2v) is 7.94. The van der Waals surface area contributed by atoms with E-state index in [-0.39, 0.29) is 13.0 Å². The maximum Gasteiger partial charge on any atom is 0.261 e. The first-order chi connectivity index (χ1) is 13.1. The van der Waals surface area contributed by atoms with E-state index >= 15 is 0 Å². The predicted octanol–water partition coefficient (Wildman–Crippen LogP) is 4.32. The number of aromatic nitrogens is 4. The van der Waals surface area contributed by atoms with E-state index < -0.39 is 5.92 Å². The number of nitrogens with zero attached hydrogens (tertiary/aromatic N) is 3. The lowest BCUT2D eigenvalue weighted by molar-refractivity contribution is 0.00517. The predicted molar refractivity (Wildman–Crippen MR) is 99.8 cm³/mol. The molecule has 3 aromatic heterocycles. The van der Waals surface area contributed by atoms with Gasteiger partial charge in [0.15, 0.2) is 0 Å². The summed E-state index contributed by atoms with van der Waals surface area (Å²) in [7, 11) is 0. The number of halogens is 2. The van der Waals surface area contributed by atoms with Gasteiger partial charge in [0.05, 0.1) is 12.7 Å². The molecule has 2 N–H and O–H groups in total. The number of pyridine rings is 1. The molecule has 1 aliphatic heterocycles. The van der Waals surface area contributed by atoms with Crippen LogP contribution in [0, 0.1) is 0 Å². The Morgan fingerprint density at radius 2 is 1.96 bits per heavy atom. The molecule has 2 fully saturated rings. The molecule has 2 aliphatic rings. The van der Waals surface area contributed by atoms with Crippen LogP contribution >= 0.6 is 0 Å². The lowest BCUT2D eigenvalue weighted by Gasteiger charge is -2.34. The van der Waals surface area contributed by atoms with Gasteiger partial charge in [0.1, 0.15) is 5.65 Å². The third kappa shape index (κ3) is 3.14. The molecule has 5 nitrogen and oxygen atoms in total. The van der Waals surface area contributed by atoms with Crippen molar-refractivity contribution in [3.05, 3.63) is 36.4 Å². The maximum atomic E-state index is 13.5. The summed E-state index contributed by atoms with van der Waals surface area (Å²) >= 11 is 0. The largest absolute Gasteiger partial charge is 0.346 e. The molecule has 0 spiro atoms. The lowest BCUT2D eigenvalue weighted by Crippen LogP contribution is -2.37. The molecule has 1 saturated heterocycles. The topological polar surface area (TPSA) is 60.6 Å². The van der Waals surface area contributed by atoms with Gasteiger partial charge in [0.2, 0.25) is 0 Å². The smallest absolute Gasteiger partial charge is 0.261 e. The van der Waals surface area contributed by atoms with Gasteiger partial charge in [-0.2, -0.15) is 5.10 Å². The Hall–Kier alpha value is -2.28. The van der Waals surface area contributed by atoms with Crippen molar-refractivity contribution in [3.8, 4) is 11.1 Å². The molecule has 142 valence electrons. The van der Waals surface area contributed by atoms with E-state index in [0.29, 0.717) is 18.5 Å². The van der Waals surface area contributed by atoms with Crippen molar-refractivity contribution in [3.63, 3.8) is 0 Å². The van der Waals surface area contributed by atoms with E-state index in [1.807, 2.05) is 29.7 Å². The van der Waals surface area contributed by atoms with Crippen LogP contribution in [-0.4, -0.2) is 50.1 Å². The zero-order valence-corrected chi connectivity index (χ0v) is 15.1. The van der Waals surface area contributed by atoms with Crippen molar-refractivity contribution in [1.82, 2.24) is 25.1 Å². The molecule has 0 amide bonds. The summed E-state index contributed by atoms with van der Waals surface area (Å²) in [5.74, 6) is -2.04. The van der Waals surface area contributed by atoms with Gasteiger partial charge in [-0.05, 0) is 43.2 Å². The first-order valence-corrected chi connectivity index (χ1v) is 9.67. The minimum atomic E-state index is -2.50. The molecule has 4 heterocycles. The van der Waals surface area contributed by atoms with Gasteiger partial charge in [-0.3, -0.25) is 10.00 Å².